The van der Waals surface area contributed by atoms with Gasteiger partial charge in [-0.3, -0.25) is 0 Å². The molecule has 42 heavy (non-hydrogen) atoms. The first-order chi connectivity index (χ1) is 20.6. The fourth-order valence-electron chi connectivity index (χ4n) is 4.53. The molecule has 1 aliphatic rings. The predicted molar refractivity (Wildman–Crippen MR) is 159 cm³/mol. The number of amides is 2. The smallest absolute Gasteiger partial charge is 0.323 e. The molecule has 0 unspecified atom stereocenters. The molecule has 0 radical (unpaired) electrons. The van der Waals surface area contributed by atoms with E-state index in [9.17, 15) is 4.79 Å². The summed E-state index contributed by atoms with van der Waals surface area (Å²) in [6, 6.07) is 16.1. The summed E-state index contributed by atoms with van der Waals surface area (Å²) >= 11 is 6.14. The van der Waals surface area contributed by atoms with Crippen molar-refractivity contribution in [2.75, 3.05) is 28.6 Å². The molecule has 208 valence electrons. The molecule has 12 nitrogen and oxygen atoms in total. The van der Waals surface area contributed by atoms with Crippen LogP contribution in [0.3, 0.4) is 0 Å². The van der Waals surface area contributed by atoms with Gasteiger partial charge in [0.05, 0.1) is 35.7 Å². The van der Waals surface area contributed by atoms with Gasteiger partial charge < -0.3 is 20.3 Å². The fourth-order valence-corrected chi connectivity index (χ4v) is 4.70. The van der Waals surface area contributed by atoms with Crippen LogP contribution in [0.2, 0.25) is 5.02 Å². The van der Waals surface area contributed by atoms with Crippen LogP contribution in [0.15, 0.2) is 91.8 Å². The van der Waals surface area contributed by atoms with Gasteiger partial charge in [-0.25, -0.2) is 28.9 Å². The first-order valence-electron chi connectivity index (χ1n) is 13.2. The number of ether oxygens (including phenoxy) is 1. The molecule has 0 aliphatic carbocycles. The Hall–Kier alpha value is -5.49. The van der Waals surface area contributed by atoms with E-state index in [1.807, 2.05) is 42.7 Å². The van der Waals surface area contributed by atoms with Crippen molar-refractivity contribution in [3.05, 3.63) is 96.8 Å². The third-order valence-corrected chi connectivity index (χ3v) is 6.99. The number of rotatable bonds is 7. The average molecular weight is 579 g/mol. The minimum absolute atomic E-state index is 0.140. The third kappa shape index (κ3) is 5.18. The number of halogens is 1. The minimum atomic E-state index is -0.488. The van der Waals surface area contributed by atoms with Gasteiger partial charge in [-0.15, -0.1) is 0 Å². The first-order valence-corrected chi connectivity index (χ1v) is 13.5. The number of nitrogens with zero attached hydrogens (tertiary/aromatic N) is 8. The number of fused-ring (bicyclic) bond motifs is 1. The lowest BCUT2D eigenvalue weighted by molar-refractivity contribution is 0.262. The Morgan fingerprint density at radius 2 is 1.76 bits per heavy atom. The zero-order valence-corrected chi connectivity index (χ0v) is 22.8. The normalized spacial score (nSPS) is 12.6. The molecule has 2 N–H and O–H groups in total. The van der Waals surface area contributed by atoms with Crippen molar-refractivity contribution in [3.63, 3.8) is 0 Å². The maximum atomic E-state index is 12.7. The molecular formula is C29H23ClN10O2. The molecule has 7 rings (SSSR count). The summed E-state index contributed by atoms with van der Waals surface area (Å²) in [7, 11) is 0. The van der Waals surface area contributed by atoms with E-state index in [4.69, 9.17) is 21.3 Å². The van der Waals surface area contributed by atoms with E-state index < -0.39 is 6.03 Å². The van der Waals surface area contributed by atoms with Gasteiger partial charge in [0.2, 0.25) is 0 Å². The number of hydrogen-bond donors (Lipinski definition) is 2. The summed E-state index contributed by atoms with van der Waals surface area (Å²) in [5.41, 5.74) is 4.24. The Morgan fingerprint density at radius 3 is 2.50 bits per heavy atom. The third-order valence-electron chi connectivity index (χ3n) is 6.75. The van der Waals surface area contributed by atoms with E-state index in [-0.39, 0.29) is 6.01 Å². The lowest BCUT2D eigenvalue weighted by Gasteiger charge is -2.31. The van der Waals surface area contributed by atoms with Crippen LogP contribution < -0.4 is 20.3 Å². The van der Waals surface area contributed by atoms with Crippen LogP contribution in [0.4, 0.5) is 22.0 Å². The summed E-state index contributed by atoms with van der Waals surface area (Å²) < 4.78 is 9.23. The molecule has 0 saturated carbocycles. The second kappa shape index (κ2) is 10.8. The summed E-state index contributed by atoms with van der Waals surface area (Å²) in [6.45, 7) is 2.06. The second-order valence-electron chi connectivity index (χ2n) is 9.52. The highest BCUT2D eigenvalue weighted by atomic mass is 35.5. The second-order valence-corrected chi connectivity index (χ2v) is 9.96. The van der Waals surface area contributed by atoms with Gasteiger partial charge in [0.25, 0.3) is 0 Å². The van der Waals surface area contributed by atoms with Crippen LogP contribution in [0.25, 0.3) is 22.5 Å². The molecule has 1 fully saturated rings. The number of aromatic nitrogens is 7. The molecule has 2 amide bonds. The highest BCUT2D eigenvalue weighted by molar-refractivity contribution is 6.31. The van der Waals surface area contributed by atoms with Crippen molar-refractivity contribution in [1.82, 2.24) is 34.3 Å². The number of hydrogen-bond acceptors (Lipinski definition) is 8. The molecule has 6 aromatic rings. The van der Waals surface area contributed by atoms with E-state index in [1.54, 1.807) is 45.9 Å². The van der Waals surface area contributed by atoms with Crippen molar-refractivity contribution in [2.45, 2.75) is 6.42 Å². The van der Waals surface area contributed by atoms with Crippen LogP contribution in [0, 0.1) is 0 Å². The first kappa shape index (κ1) is 25.5. The summed E-state index contributed by atoms with van der Waals surface area (Å²) in [4.78, 5) is 28.2. The maximum absolute atomic E-state index is 12.7. The molecule has 2 aromatic carbocycles. The zero-order chi connectivity index (χ0) is 28.5. The quantitative estimate of drug-likeness (QED) is 0.248. The van der Waals surface area contributed by atoms with E-state index >= 15 is 0 Å². The van der Waals surface area contributed by atoms with Crippen molar-refractivity contribution in [1.29, 1.82) is 0 Å². The Labute approximate surface area is 244 Å². The van der Waals surface area contributed by atoms with E-state index in [2.05, 4.69) is 35.7 Å². The number of carbonyl (C=O) groups excluding carboxylic acids is 1. The Balaban J connectivity index is 1.00. The molecule has 0 atom stereocenters. The van der Waals surface area contributed by atoms with Gasteiger partial charge in [-0.05, 0) is 54.4 Å². The topological polar surface area (TPSA) is 127 Å². The van der Waals surface area contributed by atoms with Crippen LogP contribution in [0.1, 0.15) is 6.42 Å². The number of nitrogens with one attached hydrogen (secondary N) is 2. The van der Waals surface area contributed by atoms with Gasteiger partial charge in [0, 0.05) is 42.3 Å². The Bertz CT molecular complexity index is 1870. The molecule has 1 saturated heterocycles. The van der Waals surface area contributed by atoms with Gasteiger partial charge in [0.15, 0.2) is 5.65 Å². The SMILES string of the molecule is O=C(Nc1cnc(Oc2ccc(-c3cnn4ccc(N5CCC5)nc34)cc2)nc1)Nc1cc(Cl)ccc1-n1cccn1. The summed E-state index contributed by atoms with van der Waals surface area (Å²) in [5, 5.41) is 14.6. The number of carbonyl (C=O) groups is 1. The molecule has 1 aliphatic heterocycles. The molecule has 13 heteroatoms. The van der Waals surface area contributed by atoms with Gasteiger partial charge in [-0.2, -0.15) is 10.2 Å². The lowest BCUT2D eigenvalue weighted by Crippen LogP contribution is -2.37. The zero-order valence-electron chi connectivity index (χ0n) is 22.1. The monoisotopic (exact) mass is 578 g/mol. The van der Waals surface area contributed by atoms with Crippen LogP contribution >= 0.6 is 11.6 Å². The standard InChI is InChI=1S/C29H23ClN10O2/c30-20-5-8-25(39-13-1-10-33-39)24(15-20)36-28(41)35-21-16-31-29(32-17-21)42-22-6-3-19(4-7-22)23-18-34-40-14-9-26(37-27(23)40)38-11-2-12-38/h1,3-10,13-18H,2,11-12H2,(H2,35,36,41). The summed E-state index contributed by atoms with van der Waals surface area (Å²) in [5.74, 6) is 1.53. The number of benzene rings is 2. The van der Waals surface area contributed by atoms with E-state index in [1.165, 1.54) is 18.8 Å². The van der Waals surface area contributed by atoms with Crippen LogP contribution in [0.5, 0.6) is 11.8 Å². The molecular weight excluding hydrogens is 556 g/mol. The van der Waals surface area contributed by atoms with E-state index in [0.717, 1.165) is 35.7 Å². The molecule has 0 bridgehead atoms. The minimum Gasteiger partial charge on any atom is -0.424 e. The lowest BCUT2D eigenvalue weighted by atomic mass is 10.1. The van der Waals surface area contributed by atoms with Crippen molar-refractivity contribution in [3.8, 4) is 28.6 Å². The fraction of sp³-hybridized carbons (Fsp3) is 0.103. The van der Waals surface area contributed by atoms with Crippen molar-refractivity contribution >= 4 is 40.5 Å². The van der Waals surface area contributed by atoms with E-state index in [0.29, 0.717) is 27.8 Å². The molecule has 4 aromatic heterocycles. The summed E-state index contributed by atoms with van der Waals surface area (Å²) in [6.07, 6.45) is 11.3. The average Bonchev–Trinajstić information content (AvgIpc) is 3.64. The van der Waals surface area contributed by atoms with Crippen molar-refractivity contribution in [2.24, 2.45) is 0 Å². The number of anilines is 3. The highest BCUT2D eigenvalue weighted by Crippen LogP contribution is 2.29. The highest BCUT2D eigenvalue weighted by Gasteiger charge is 2.18. The van der Waals surface area contributed by atoms with Crippen LogP contribution in [-0.4, -0.2) is 53.5 Å². The van der Waals surface area contributed by atoms with Crippen molar-refractivity contribution < 1.29 is 9.53 Å². The Morgan fingerprint density at radius 1 is 0.929 bits per heavy atom. The maximum Gasteiger partial charge on any atom is 0.323 e. The van der Waals surface area contributed by atoms with Gasteiger partial charge in [-0.1, -0.05) is 23.7 Å². The largest absolute Gasteiger partial charge is 0.424 e. The van der Waals surface area contributed by atoms with Gasteiger partial charge >= 0.3 is 12.0 Å². The van der Waals surface area contributed by atoms with Crippen LogP contribution in [-0.2, 0) is 0 Å². The Kier molecular flexibility index (Phi) is 6.56. The molecule has 0 spiro atoms. The number of urea groups is 1. The molecule has 5 heterocycles. The van der Waals surface area contributed by atoms with Gasteiger partial charge in [0.1, 0.15) is 11.6 Å². The predicted octanol–water partition coefficient (Wildman–Crippen LogP) is 5.67.